The molecule has 3 aromatic carbocycles. The van der Waals surface area contributed by atoms with Gasteiger partial charge in [-0.1, -0.05) is 60.7 Å². The van der Waals surface area contributed by atoms with Gasteiger partial charge in [0.1, 0.15) is 12.4 Å². The Bertz CT molecular complexity index is 1110. The zero-order valence-corrected chi connectivity index (χ0v) is 16.9. The number of alkyl carbamates (subject to hydrolysis) is 1. The molecule has 1 aliphatic rings. The Morgan fingerprint density at radius 2 is 1.74 bits per heavy atom. The first-order chi connectivity index (χ1) is 15.1. The van der Waals surface area contributed by atoms with E-state index in [0.29, 0.717) is 22.7 Å². The van der Waals surface area contributed by atoms with Crippen LogP contribution in [0.1, 0.15) is 16.7 Å². The molecule has 7 nitrogen and oxygen atoms in total. The van der Waals surface area contributed by atoms with Crippen LogP contribution in [0.3, 0.4) is 0 Å². The normalized spacial score (nSPS) is 15.1. The maximum absolute atomic E-state index is 12.8. The lowest BCUT2D eigenvalue weighted by atomic mass is 10.0. The van der Waals surface area contributed by atoms with Crippen molar-refractivity contribution < 1.29 is 19.1 Å². The Balaban J connectivity index is 1.62. The molecule has 4 rings (SSSR count). The van der Waals surface area contributed by atoms with Crippen molar-refractivity contribution in [3.63, 3.8) is 0 Å². The highest BCUT2D eigenvalue weighted by Gasteiger charge is 2.28. The van der Waals surface area contributed by atoms with Crippen LogP contribution in [-0.4, -0.2) is 31.0 Å². The lowest BCUT2D eigenvalue weighted by Gasteiger charge is -2.13. The molecule has 31 heavy (non-hydrogen) atoms. The molecule has 7 heteroatoms. The van der Waals surface area contributed by atoms with Gasteiger partial charge in [-0.15, -0.1) is 0 Å². The molecule has 3 aromatic rings. The summed E-state index contributed by atoms with van der Waals surface area (Å²) in [5.74, 6) is 0.166. The molecule has 2 amide bonds. The number of fused-ring (bicyclic) bond motifs is 1. The number of methoxy groups -OCH3 is 1. The molecule has 0 radical (unpaired) electrons. The Morgan fingerprint density at radius 1 is 1.03 bits per heavy atom. The molecule has 0 aromatic heterocycles. The van der Waals surface area contributed by atoms with Gasteiger partial charge < -0.3 is 14.8 Å². The minimum atomic E-state index is -1.16. The van der Waals surface area contributed by atoms with Crippen LogP contribution in [0.5, 0.6) is 5.75 Å². The Kier molecular flexibility index (Phi) is 5.93. The number of hydrogen-bond donors (Lipinski definition) is 2. The molecule has 1 aliphatic heterocycles. The summed E-state index contributed by atoms with van der Waals surface area (Å²) in [5, 5.41) is 5.37. The molecule has 0 fully saturated rings. The van der Waals surface area contributed by atoms with Gasteiger partial charge >= 0.3 is 6.09 Å². The minimum absolute atomic E-state index is 0.0910. The molecule has 0 saturated carbocycles. The van der Waals surface area contributed by atoms with E-state index in [9.17, 15) is 9.59 Å². The van der Waals surface area contributed by atoms with Crippen LogP contribution in [0.2, 0.25) is 0 Å². The molecule has 1 unspecified atom stereocenters. The van der Waals surface area contributed by atoms with Gasteiger partial charge in [0.2, 0.25) is 6.17 Å². The first kappa shape index (κ1) is 20.2. The topological polar surface area (TPSA) is 89.0 Å². The number of ether oxygens (including phenoxy) is 2. The number of nitrogens with zero attached hydrogens (tertiary/aromatic N) is 1. The SMILES string of the molecule is COc1ccc2c(c1)C(c1ccccc1)=NC(NC(=O)OCc1ccccc1)C(=O)N2. The van der Waals surface area contributed by atoms with Crippen molar-refractivity contribution in [1.29, 1.82) is 0 Å². The van der Waals surface area contributed by atoms with Crippen molar-refractivity contribution in [3.05, 3.63) is 95.6 Å². The molecule has 0 aliphatic carbocycles. The number of carbonyl (C=O) groups excluding carboxylic acids is 2. The predicted molar refractivity (Wildman–Crippen MR) is 117 cm³/mol. The molecule has 156 valence electrons. The van der Waals surface area contributed by atoms with E-state index in [1.54, 1.807) is 25.3 Å². The van der Waals surface area contributed by atoms with Crippen molar-refractivity contribution in [2.24, 2.45) is 4.99 Å². The van der Waals surface area contributed by atoms with Gasteiger partial charge in [-0.05, 0) is 23.8 Å². The summed E-state index contributed by atoms with van der Waals surface area (Å²) in [6, 6.07) is 24.0. The molecule has 1 heterocycles. The quantitative estimate of drug-likeness (QED) is 0.664. The van der Waals surface area contributed by atoms with Crippen molar-refractivity contribution in [2.75, 3.05) is 12.4 Å². The third-order valence-corrected chi connectivity index (χ3v) is 4.76. The number of nitrogens with one attached hydrogen (secondary N) is 2. The third-order valence-electron chi connectivity index (χ3n) is 4.76. The van der Waals surface area contributed by atoms with Gasteiger partial charge in [-0.3, -0.25) is 10.1 Å². The summed E-state index contributed by atoms with van der Waals surface area (Å²) in [5.41, 5.74) is 3.48. The average molecular weight is 415 g/mol. The van der Waals surface area contributed by atoms with Gasteiger partial charge in [0, 0.05) is 11.1 Å². The number of carbonyl (C=O) groups is 2. The van der Waals surface area contributed by atoms with Crippen LogP contribution >= 0.6 is 0 Å². The number of anilines is 1. The van der Waals surface area contributed by atoms with Gasteiger partial charge in [-0.25, -0.2) is 9.79 Å². The minimum Gasteiger partial charge on any atom is -0.497 e. The van der Waals surface area contributed by atoms with Crippen LogP contribution in [0.15, 0.2) is 83.9 Å². The van der Waals surface area contributed by atoms with Gasteiger partial charge in [0.15, 0.2) is 0 Å². The maximum atomic E-state index is 12.8. The van der Waals surface area contributed by atoms with E-state index in [-0.39, 0.29) is 6.61 Å². The van der Waals surface area contributed by atoms with E-state index in [4.69, 9.17) is 9.47 Å². The van der Waals surface area contributed by atoms with Crippen LogP contribution in [0.4, 0.5) is 10.5 Å². The molecule has 0 spiro atoms. The van der Waals surface area contributed by atoms with Crippen molar-refractivity contribution >= 4 is 23.4 Å². The fourth-order valence-corrected chi connectivity index (χ4v) is 3.21. The standard InChI is InChI=1S/C24H21N3O4/c1-30-18-12-13-20-19(14-18)21(17-10-6-3-7-11-17)26-22(23(28)25-20)27-24(29)31-15-16-8-4-2-5-9-16/h2-14,22H,15H2,1H3,(H,25,28)(H,27,29). The summed E-state index contributed by atoms with van der Waals surface area (Å²) in [7, 11) is 1.57. The summed E-state index contributed by atoms with van der Waals surface area (Å²) in [6.07, 6.45) is -1.89. The van der Waals surface area contributed by atoms with Crippen LogP contribution < -0.4 is 15.4 Å². The van der Waals surface area contributed by atoms with Crippen LogP contribution in [0, 0.1) is 0 Å². The fourth-order valence-electron chi connectivity index (χ4n) is 3.21. The molecule has 0 saturated heterocycles. The summed E-state index contributed by atoms with van der Waals surface area (Å²) < 4.78 is 10.6. The van der Waals surface area contributed by atoms with Crippen molar-refractivity contribution in [3.8, 4) is 5.75 Å². The smallest absolute Gasteiger partial charge is 0.409 e. The van der Waals surface area contributed by atoms with E-state index in [1.165, 1.54) is 0 Å². The van der Waals surface area contributed by atoms with Crippen molar-refractivity contribution in [1.82, 2.24) is 5.32 Å². The molecule has 2 N–H and O–H groups in total. The third kappa shape index (κ3) is 4.72. The molecular weight excluding hydrogens is 394 g/mol. The van der Waals surface area contributed by atoms with Gasteiger partial charge in [0.05, 0.1) is 18.5 Å². The first-order valence-corrected chi connectivity index (χ1v) is 9.74. The highest BCUT2D eigenvalue weighted by Crippen LogP contribution is 2.28. The predicted octanol–water partition coefficient (Wildman–Crippen LogP) is 3.74. The lowest BCUT2D eigenvalue weighted by Crippen LogP contribution is -2.42. The second-order valence-electron chi connectivity index (χ2n) is 6.85. The second kappa shape index (κ2) is 9.13. The molecular formula is C24H21N3O4. The molecule has 1 atom stereocenters. The van der Waals surface area contributed by atoms with E-state index in [1.807, 2.05) is 60.7 Å². The largest absolute Gasteiger partial charge is 0.497 e. The van der Waals surface area contributed by atoms with Crippen LogP contribution in [0.25, 0.3) is 0 Å². The zero-order chi connectivity index (χ0) is 21.6. The van der Waals surface area contributed by atoms with E-state index < -0.39 is 18.2 Å². The Morgan fingerprint density at radius 3 is 2.45 bits per heavy atom. The summed E-state index contributed by atoms with van der Waals surface area (Å²) in [6.45, 7) is 0.0910. The summed E-state index contributed by atoms with van der Waals surface area (Å²) in [4.78, 5) is 29.7. The average Bonchev–Trinajstić information content (AvgIpc) is 2.95. The number of benzene rings is 3. The van der Waals surface area contributed by atoms with E-state index in [2.05, 4.69) is 15.6 Å². The summed E-state index contributed by atoms with van der Waals surface area (Å²) >= 11 is 0. The van der Waals surface area contributed by atoms with Crippen LogP contribution in [-0.2, 0) is 16.1 Å². The number of amides is 2. The Labute approximate surface area is 179 Å². The second-order valence-corrected chi connectivity index (χ2v) is 6.85. The monoisotopic (exact) mass is 415 g/mol. The molecule has 0 bridgehead atoms. The van der Waals surface area contributed by atoms with E-state index >= 15 is 0 Å². The Hall–Kier alpha value is -4.13. The zero-order valence-electron chi connectivity index (χ0n) is 16.9. The number of aliphatic imine (C=N–C) groups is 1. The fraction of sp³-hybridized carbons (Fsp3) is 0.125. The number of benzodiazepines with no additional fused rings is 1. The van der Waals surface area contributed by atoms with Crippen molar-refractivity contribution in [2.45, 2.75) is 12.8 Å². The van der Waals surface area contributed by atoms with Gasteiger partial charge in [0.25, 0.3) is 5.91 Å². The highest BCUT2D eigenvalue weighted by atomic mass is 16.5. The van der Waals surface area contributed by atoms with E-state index in [0.717, 1.165) is 11.1 Å². The van der Waals surface area contributed by atoms with Gasteiger partial charge in [-0.2, -0.15) is 0 Å². The lowest BCUT2D eigenvalue weighted by molar-refractivity contribution is -0.117. The first-order valence-electron chi connectivity index (χ1n) is 9.74. The number of rotatable bonds is 5. The highest BCUT2D eigenvalue weighted by molar-refractivity contribution is 6.20. The number of hydrogen-bond acceptors (Lipinski definition) is 5. The maximum Gasteiger partial charge on any atom is 0.409 e.